The maximum atomic E-state index is 6.62. The molecule has 2 heterocycles. The van der Waals surface area contributed by atoms with Crippen LogP contribution in [0.4, 0.5) is 0 Å². The number of furan rings is 1. The molecule has 8 rings (SSSR count). The number of amidine groups is 1. The minimum Gasteiger partial charge on any atom is -0.455 e. The van der Waals surface area contributed by atoms with E-state index in [9.17, 15) is 0 Å². The van der Waals surface area contributed by atoms with Crippen LogP contribution in [0.3, 0.4) is 0 Å². The molecular formula is C41H28N2O. The predicted octanol–water partition coefficient (Wildman–Crippen LogP) is 10.6. The fraction of sp³-hybridized carbons (Fsp3) is 0.0244. The molecular weight excluding hydrogens is 536 g/mol. The summed E-state index contributed by atoms with van der Waals surface area (Å²) in [6.07, 6.45) is 2.87. The molecule has 1 aliphatic rings. The van der Waals surface area contributed by atoms with E-state index < -0.39 is 0 Å². The van der Waals surface area contributed by atoms with Crippen molar-refractivity contribution in [3.05, 3.63) is 174 Å². The third-order valence-corrected chi connectivity index (χ3v) is 8.20. The fourth-order valence-electron chi connectivity index (χ4n) is 6.01. The Labute approximate surface area is 256 Å². The third-order valence-electron chi connectivity index (χ3n) is 8.20. The van der Waals surface area contributed by atoms with Gasteiger partial charge in [0, 0.05) is 28.3 Å². The zero-order chi connectivity index (χ0) is 29.3. The van der Waals surface area contributed by atoms with Crippen molar-refractivity contribution in [3.8, 4) is 22.3 Å². The molecule has 3 nitrogen and oxygen atoms in total. The highest BCUT2D eigenvalue weighted by Crippen LogP contribution is 2.38. The SMILES string of the molecule is C1=C(c2ccccc2)N=C(c2cccc3oc4c(-c5ccc(-c6ccccc6)cc5)cccc4c23)N=C(c2ccccc2)C1. The monoisotopic (exact) mass is 564 g/mol. The summed E-state index contributed by atoms with van der Waals surface area (Å²) in [5.41, 5.74) is 11.3. The van der Waals surface area contributed by atoms with Crippen molar-refractivity contribution in [3.63, 3.8) is 0 Å². The molecule has 0 bridgehead atoms. The van der Waals surface area contributed by atoms with Gasteiger partial charge in [-0.15, -0.1) is 0 Å². The maximum Gasteiger partial charge on any atom is 0.160 e. The Balaban J connectivity index is 1.29. The van der Waals surface area contributed by atoms with Crippen molar-refractivity contribution in [1.82, 2.24) is 0 Å². The van der Waals surface area contributed by atoms with Crippen LogP contribution in [-0.4, -0.2) is 11.5 Å². The van der Waals surface area contributed by atoms with Gasteiger partial charge in [-0.3, -0.25) is 0 Å². The number of rotatable bonds is 5. The number of fused-ring (bicyclic) bond motifs is 3. The summed E-state index contributed by atoms with van der Waals surface area (Å²) >= 11 is 0. The van der Waals surface area contributed by atoms with E-state index in [1.165, 1.54) is 11.1 Å². The molecule has 1 aromatic heterocycles. The van der Waals surface area contributed by atoms with Gasteiger partial charge >= 0.3 is 0 Å². The second-order valence-corrected chi connectivity index (χ2v) is 10.9. The smallest absolute Gasteiger partial charge is 0.160 e. The Morgan fingerprint density at radius 3 is 1.77 bits per heavy atom. The van der Waals surface area contributed by atoms with E-state index in [1.807, 2.05) is 42.5 Å². The molecule has 0 aliphatic carbocycles. The second kappa shape index (κ2) is 11.1. The zero-order valence-corrected chi connectivity index (χ0v) is 24.0. The lowest BCUT2D eigenvalue weighted by molar-refractivity contribution is 0.670. The Kier molecular flexibility index (Phi) is 6.54. The highest BCUT2D eigenvalue weighted by Gasteiger charge is 2.20. The van der Waals surface area contributed by atoms with Crippen LogP contribution in [0.5, 0.6) is 0 Å². The van der Waals surface area contributed by atoms with Crippen molar-refractivity contribution >= 4 is 39.2 Å². The molecule has 6 aromatic carbocycles. The van der Waals surface area contributed by atoms with Crippen molar-refractivity contribution in [2.45, 2.75) is 6.42 Å². The molecule has 0 unspecified atom stereocenters. The summed E-state index contributed by atoms with van der Waals surface area (Å²) in [5, 5.41) is 2.07. The van der Waals surface area contributed by atoms with Crippen LogP contribution in [0.25, 0.3) is 49.9 Å². The van der Waals surface area contributed by atoms with E-state index in [-0.39, 0.29) is 0 Å². The zero-order valence-electron chi connectivity index (χ0n) is 24.0. The van der Waals surface area contributed by atoms with Gasteiger partial charge in [0.15, 0.2) is 5.84 Å². The van der Waals surface area contributed by atoms with Crippen molar-refractivity contribution in [2.75, 3.05) is 0 Å². The topological polar surface area (TPSA) is 37.9 Å². The Bertz CT molecular complexity index is 2210. The molecule has 3 heteroatoms. The normalized spacial score (nSPS) is 13.3. The van der Waals surface area contributed by atoms with Crippen LogP contribution < -0.4 is 0 Å². The molecule has 208 valence electrons. The summed E-state index contributed by atoms with van der Waals surface area (Å²) in [6, 6.07) is 52.4. The highest BCUT2D eigenvalue weighted by atomic mass is 16.3. The maximum absolute atomic E-state index is 6.62. The summed E-state index contributed by atoms with van der Waals surface area (Å²) in [7, 11) is 0. The van der Waals surface area contributed by atoms with Crippen molar-refractivity contribution < 1.29 is 4.42 Å². The number of hydrogen-bond donors (Lipinski definition) is 0. The first-order chi connectivity index (χ1) is 21.8. The Morgan fingerprint density at radius 1 is 0.455 bits per heavy atom. The Morgan fingerprint density at radius 2 is 1.05 bits per heavy atom. The van der Waals surface area contributed by atoms with Gasteiger partial charge in [0.2, 0.25) is 0 Å². The van der Waals surface area contributed by atoms with E-state index in [1.54, 1.807) is 0 Å². The molecule has 0 atom stereocenters. The molecule has 0 spiro atoms. The lowest BCUT2D eigenvalue weighted by atomic mass is 9.98. The molecule has 1 aliphatic heterocycles. The molecule has 0 amide bonds. The average Bonchev–Trinajstić information content (AvgIpc) is 3.34. The summed E-state index contributed by atoms with van der Waals surface area (Å²) in [5.74, 6) is 0.683. The van der Waals surface area contributed by atoms with Gasteiger partial charge in [0.05, 0.1) is 11.4 Å². The Hall–Kier alpha value is -5.80. The second-order valence-electron chi connectivity index (χ2n) is 10.9. The van der Waals surface area contributed by atoms with Gasteiger partial charge in [0.1, 0.15) is 11.2 Å². The summed E-state index contributed by atoms with van der Waals surface area (Å²) < 4.78 is 6.62. The van der Waals surface area contributed by atoms with Crippen molar-refractivity contribution in [2.24, 2.45) is 9.98 Å². The van der Waals surface area contributed by atoms with E-state index in [0.717, 1.165) is 61.2 Å². The number of benzene rings is 6. The van der Waals surface area contributed by atoms with Crippen LogP contribution in [0, 0.1) is 0 Å². The minimum absolute atomic E-state index is 0.683. The van der Waals surface area contributed by atoms with Crippen molar-refractivity contribution in [1.29, 1.82) is 0 Å². The van der Waals surface area contributed by atoms with Gasteiger partial charge in [-0.05, 0) is 33.9 Å². The van der Waals surface area contributed by atoms with Gasteiger partial charge in [0.25, 0.3) is 0 Å². The van der Waals surface area contributed by atoms with Crippen LogP contribution in [0.1, 0.15) is 23.1 Å². The van der Waals surface area contributed by atoms with E-state index >= 15 is 0 Å². The minimum atomic E-state index is 0.683. The highest BCUT2D eigenvalue weighted by molar-refractivity contribution is 6.23. The standard InChI is InChI=1S/C41H28N2O/c1-4-12-28(13-5-1)29-22-24-30(25-23-29)33-18-10-19-34-39-35(20-11-21-38(39)44-40(33)34)41-42-36(31-14-6-2-7-15-31)26-27-37(43-41)32-16-8-3-9-17-32/h1-26H,27H2. The van der Waals surface area contributed by atoms with E-state index in [4.69, 9.17) is 14.4 Å². The van der Waals surface area contributed by atoms with Gasteiger partial charge in [-0.2, -0.15) is 0 Å². The van der Waals surface area contributed by atoms with E-state index in [0.29, 0.717) is 12.3 Å². The first-order valence-corrected chi connectivity index (χ1v) is 14.9. The molecule has 7 aromatic rings. The number of allylic oxidation sites excluding steroid dienone is 1. The van der Waals surface area contributed by atoms with E-state index in [2.05, 4.69) is 115 Å². The fourth-order valence-corrected chi connectivity index (χ4v) is 6.01. The molecule has 0 fully saturated rings. The van der Waals surface area contributed by atoms with Gasteiger partial charge in [-0.1, -0.05) is 152 Å². The van der Waals surface area contributed by atoms with Crippen LogP contribution >= 0.6 is 0 Å². The first-order valence-electron chi connectivity index (χ1n) is 14.9. The largest absolute Gasteiger partial charge is 0.455 e. The number of hydrogen-bond acceptors (Lipinski definition) is 3. The number of aliphatic imine (C=N–C) groups is 2. The molecule has 44 heavy (non-hydrogen) atoms. The molecule has 0 saturated heterocycles. The predicted molar refractivity (Wildman–Crippen MR) is 183 cm³/mol. The third kappa shape index (κ3) is 4.75. The van der Waals surface area contributed by atoms with Gasteiger partial charge in [-0.25, -0.2) is 9.98 Å². The van der Waals surface area contributed by atoms with Gasteiger partial charge < -0.3 is 4.42 Å². The molecule has 0 saturated carbocycles. The average molecular weight is 565 g/mol. The molecule has 0 radical (unpaired) electrons. The summed E-state index contributed by atoms with van der Waals surface area (Å²) in [4.78, 5) is 10.4. The quantitative estimate of drug-likeness (QED) is 0.205. The first kappa shape index (κ1) is 25.9. The lowest BCUT2D eigenvalue weighted by Gasteiger charge is -2.07. The number of para-hydroxylation sites is 1. The molecule has 0 N–H and O–H groups in total. The van der Waals surface area contributed by atoms with Crippen LogP contribution in [-0.2, 0) is 0 Å². The van der Waals surface area contributed by atoms with Crippen LogP contribution in [0.2, 0.25) is 0 Å². The lowest BCUT2D eigenvalue weighted by Crippen LogP contribution is -2.05. The summed E-state index contributed by atoms with van der Waals surface area (Å²) in [6.45, 7) is 0. The number of nitrogens with zero attached hydrogens (tertiary/aromatic N) is 2. The van der Waals surface area contributed by atoms with Crippen LogP contribution in [0.15, 0.2) is 172 Å².